The van der Waals surface area contributed by atoms with Crippen LogP contribution in [0.2, 0.25) is 0 Å². The number of ether oxygens (including phenoxy) is 4. The second-order valence-electron chi connectivity index (χ2n) is 10.6. The van der Waals surface area contributed by atoms with Crippen molar-refractivity contribution < 1.29 is 38.1 Å². The molecule has 45 heavy (non-hydrogen) atoms. The highest BCUT2D eigenvalue weighted by atomic mass is 16.6. The molecule has 0 aliphatic rings. The van der Waals surface area contributed by atoms with Gasteiger partial charge in [-0.3, -0.25) is 14.4 Å². The van der Waals surface area contributed by atoms with E-state index in [4.69, 9.17) is 18.9 Å². The minimum atomic E-state index is -0.811. The van der Waals surface area contributed by atoms with Crippen LogP contribution in [-0.4, -0.2) is 57.0 Å². The number of amides is 2. The molecule has 240 valence electrons. The summed E-state index contributed by atoms with van der Waals surface area (Å²) in [6.45, 7) is 4.13. The normalized spacial score (nSPS) is 11.3. The van der Waals surface area contributed by atoms with Gasteiger partial charge >= 0.3 is 5.97 Å². The van der Waals surface area contributed by atoms with Gasteiger partial charge in [-0.2, -0.15) is 0 Å². The topological polar surface area (TPSA) is 129 Å². The second-order valence-corrected chi connectivity index (χ2v) is 10.6. The summed E-state index contributed by atoms with van der Waals surface area (Å²) >= 11 is 0. The van der Waals surface area contributed by atoms with Crippen LogP contribution in [0.3, 0.4) is 0 Å². The van der Waals surface area contributed by atoms with Crippen LogP contribution < -0.4 is 24.8 Å². The summed E-state index contributed by atoms with van der Waals surface area (Å²) < 4.78 is 21.6. The first-order chi connectivity index (χ1) is 21.7. The van der Waals surface area contributed by atoms with Gasteiger partial charge in [0.15, 0.2) is 17.3 Å². The van der Waals surface area contributed by atoms with E-state index >= 15 is 0 Å². The molecule has 2 amide bonds. The predicted octanol–water partition coefficient (Wildman–Crippen LogP) is 5.78. The van der Waals surface area contributed by atoms with Crippen LogP contribution in [0.5, 0.6) is 17.2 Å². The molecule has 0 aliphatic carbocycles. The number of rotatable bonds is 18. The third-order valence-corrected chi connectivity index (χ3v) is 6.98. The third-order valence-electron chi connectivity index (χ3n) is 6.98. The SMILES string of the molecule is CCCCCCCOc1ccc(C(=O)Oc2ccc(CC(NC(=O)c3ccc(NC(=O)COC)cc3)C(C)=O)cc2OC)cc1. The molecular formula is C35H42N2O8. The maximum Gasteiger partial charge on any atom is 0.343 e. The van der Waals surface area contributed by atoms with E-state index in [2.05, 4.69) is 17.6 Å². The lowest BCUT2D eigenvalue weighted by Crippen LogP contribution is -2.41. The molecule has 10 heteroatoms. The number of hydrogen-bond acceptors (Lipinski definition) is 8. The van der Waals surface area contributed by atoms with Crippen LogP contribution >= 0.6 is 0 Å². The number of carbonyl (C=O) groups excluding carboxylic acids is 4. The minimum absolute atomic E-state index is 0.0836. The van der Waals surface area contributed by atoms with Crippen molar-refractivity contribution in [3.8, 4) is 17.2 Å². The average Bonchev–Trinajstić information content (AvgIpc) is 3.03. The molecule has 10 nitrogen and oxygen atoms in total. The summed E-state index contributed by atoms with van der Waals surface area (Å²) in [5.74, 6) is -0.310. The molecule has 0 fully saturated rings. The number of unbranched alkanes of at least 4 members (excludes halogenated alkanes) is 4. The number of ketones is 1. The molecule has 2 N–H and O–H groups in total. The van der Waals surface area contributed by atoms with Gasteiger partial charge in [-0.25, -0.2) is 4.79 Å². The molecule has 1 unspecified atom stereocenters. The summed E-state index contributed by atoms with van der Waals surface area (Å²) in [7, 11) is 2.88. The van der Waals surface area contributed by atoms with Crippen LogP contribution in [0.25, 0.3) is 0 Å². The molecule has 0 spiro atoms. The summed E-state index contributed by atoms with van der Waals surface area (Å²) in [4.78, 5) is 49.8. The van der Waals surface area contributed by atoms with Gasteiger partial charge in [0.05, 0.1) is 25.3 Å². The Hall–Kier alpha value is -4.70. The van der Waals surface area contributed by atoms with Gasteiger partial charge in [0.1, 0.15) is 12.4 Å². The van der Waals surface area contributed by atoms with E-state index in [0.717, 1.165) is 12.8 Å². The third kappa shape index (κ3) is 11.4. The molecule has 3 aromatic carbocycles. The standard InChI is InChI=1S/C35H42N2O8/c1-5-6-7-8-9-20-44-29-17-13-27(14-18-29)35(41)45-31-19-10-25(22-32(31)43-4)21-30(24(2)38)37-34(40)26-11-15-28(16-12-26)36-33(39)23-42-3/h10-19,22,30H,5-9,20-21,23H2,1-4H3,(H,36,39)(H,37,40). The fraction of sp³-hybridized carbons (Fsp3) is 0.371. The molecular weight excluding hydrogens is 576 g/mol. The molecule has 0 saturated heterocycles. The lowest BCUT2D eigenvalue weighted by molar-refractivity contribution is -0.120. The highest BCUT2D eigenvalue weighted by Crippen LogP contribution is 2.30. The Morgan fingerprint density at radius 1 is 0.800 bits per heavy atom. The molecule has 0 bridgehead atoms. The number of benzene rings is 3. The summed E-state index contributed by atoms with van der Waals surface area (Å²) in [5, 5.41) is 5.42. The molecule has 0 aliphatic heterocycles. The Bertz CT molecular complexity index is 1420. The van der Waals surface area contributed by atoms with Crippen LogP contribution in [0.15, 0.2) is 66.7 Å². The van der Waals surface area contributed by atoms with Crippen LogP contribution in [-0.2, 0) is 20.7 Å². The molecule has 3 aromatic rings. The molecule has 0 heterocycles. The first-order valence-electron chi connectivity index (χ1n) is 15.1. The molecule has 1 atom stereocenters. The molecule has 0 radical (unpaired) electrons. The van der Waals surface area contributed by atoms with E-state index in [9.17, 15) is 19.2 Å². The van der Waals surface area contributed by atoms with E-state index < -0.39 is 17.9 Å². The van der Waals surface area contributed by atoms with Gasteiger partial charge in [-0.15, -0.1) is 0 Å². The number of hydrogen-bond donors (Lipinski definition) is 2. The van der Waals surface area contributed by atoms with Crippen LogP contribution in [0.4, 0.5) is 5.69 Å². The van der Waals surface area contributed by atoms with Crippen LogP contribution in [0.1, 0.15) is 72.2 Å². The van der Waals surface area contributed by atoms with Gasteiger partial charge in [-0.05, 0) is 86.0 Å². The summed E-state index contributed by atoms with van der Waals surface area (Å²) in [6.07, 6.45) is 5.96. The first kappa shape index (κ1) is 34.8. The first-order valence-corrected chi connectivity index (χ1v) is 15.1. The van der Waals surface area contributed by atoms with Gasteiger partial charge in [0.25, 0.3) is 5.91 Å². The highest BCUT2D eigenvalue weighted by molar-refractivity contribution is 5.98. The van der Waals surface area contributed by atoms with Crippen molar-refractivity contribution in [3.05, 3.63) is 83.4 Å². The Balaban J connectivity index is 1.58. The van der Waals surface area contributed by atoms with Crippen molar-refractivity contribution >= 4 is 29.3 Å². The number of Topliss-reactive ketones (excluding diaryl/α,β-unsaturated/α-hetero) is 1. The van der Waals surface area contributed by atoms with Crippen molar-refractivity contribution in [2.24, 2.45) is 0 Å². The zero-order valence-corrected chi connectivity index (χ0v) is 26.4. The van der Waals surface area contributed by atoms with Gasteiger partial charge in [0.2, 0.25) is 5.91 Å². The number of carbonyl (C=O) groups is 4. The Morgan fingerprint density at radius 3 is 2.13 bits per heavy atom. The summed E-state index contributed by atoms with van der Waals surface area (Å²) in [5.41, 5.74) is 1.90. The molecule has 3 rings (SSSR count). The van der Waals surface area contributed by atoms with Crippen molar-refractivity contribution in [2.45, 2.75) is 58.4 Å². The fourth-order valence-corrected chi connectivity index (χ4v) is 4.47. The predicted molar refractivity (Wildman–Crippen MR) is 171 cm³/mol. The molecule has 0 aromatic heterocycles. The van der Waals surface area contributed by atoms with Crippen molar-refractivity contribution in [2.75, 3.05) is 32.8 Å². The lowest BCUT2D eigenvalue weighted by atomic mass is 10.0. The van der Waals surface area contributed by atoms with Crippen molar-refractivity contribution in [1.82, 2.24) is 5.32 Å². The highest BCUT2D eigenvalue weighted by Gasteiger charge is 2.20. The Kier molecular flexibility index (Phi) is 14.1. The lowest BCUT2D eigenvalue weighted by Gasteiger charge is -2.17. The van der Waals surface area contributed by atoms with E-state index in [1.807, 2.05) is 0 Å². The fourth-order valence-electron chi connectivity index (χ4n) is 4.47. The number of nitrogens with one attached hydrogen (secondary N) is 2. The van der Waals surface area contributed by atoms with E-state index in [1.165, 1.54) is 40.4 Å². The zero-order valence-electron chi connectivity index (χ0n) is 26.4. The number of methoxy groups -OCH3 is 2. The van der Waals surface area contributed by atoms with Gasteiger partial charge < -0.3 is 29.6 Å². The van der Waals surface area contributed by atoms with E-state index in [1.54, 1.807) is 66.7 Å². The maximum atomic E-state index is 12.9. The number of anilines is 1. The number of esters is 1. The maximum absolute atomic E-state index is 12.9. The Labute approximate surface area is 264 Å². The van der Waals surface area contributed by atoms with E-state index in [0.29, 0.717) is 40.5 Å². The van der Waals surface area contributed by atoms with Gasteiger partial charge in [-0.1, -0.05) is 38.7 Å². The summed E-state index contributed by atoms with van der Waals surface area (Å²) in [6, 6.07) is 17.2. The largest absolute Gasteiger partial charge is 0.494 e. The molecule has 0 saturated carbocycles. The average molecular weight is 619 g/mol. The van der Waals surface area contributed by atoms with Crippen LogP contribution in [0, 0.1) is 0 Å². The van der Waals surface area contributed by atoms with Crippen molar-refractivity contribution in [3.63, 3.8) is 0 Å². The van der Waals surface area contributed by atoms with E-state index in [-0.39, 0.29) is 30.5 Å². The minimum Gasteiger partial charge on any atom is -0.494 e. The van der Waals surface area contributed by atoms with Crippen molar-refractivity contribution in [1.29, 1.82) is 0 Å². The van der Waals surface area contributed by atoms with Gasteiger partial charge in [0, 0.05) is 18.4 Å². The quantitative estimate of drug-likeness (QED) is 0.104. The monoisotopic (exact) mass is 618 g/mol. The second kappa shape index (κ2) is 18.2. The smallest absolute Gasteiger partial charge is 0.343 e. The zero-order chi connectivity index (χ0) is 32.6. The Morgan fingerprint density at radius 2 is 1.49 bits per heavy atom.